The minimum atomic E-state index is -0.122. The van der Waals surface area contributed by atoms with Crippen LogP contribution in [0.3, 0.4) is 0 Å². The van der Waals surface area contributed by atoms with E-state index in [1.165, 1.54) is 0 Å². The maximum absolute atomic E-state index is 12.5. The number of hydrogen-bond acceptors (Lipinski definition) is 5. The fourth-order valence-corrected chi connectivity index (χ4v) is 4.48. The van der Waals surface area contributed by atoms with Crippen LogP contribution in [0.15, 0.2) is 53.7 Å². The van der Waals surface area contributed by atoms with Gasteiger partial charge in [0.15, 0.2) is 15.8 Å². The molecule has 9 heteroatoms. The van der Waals surface area contributed by atoms with Gasteiger partial charge in [-0.2, -0.15) is 5.10 Å². The topological polar surface area (TPSA) is 91.4 Å². The van der Waals surface area contributed by atoms with E-state index in [1.807, 2.05) is 53.1 Å². The van der Waals surface area contributed by atoms with Gasteiger partial charge in [0.05, 0.1) is 17.6 Å². The number of thioether (sulfide) groups is 1. The summed E-state index contributed by atoms with van der Waals surface area (Å²) in [7, 11) is 0. The molecule has 0 bridgehead atoms. The van der Waals surface area contributed by atoms with Gasteiger partial charge in [-0.3, -0.25) is 14.5 Å². The normalized spacial score (nSPS) is 13.6. The Morgan fingerprint density at radius 1 is 1.20 bits per heavy atom. The molecule has 2 aromatic carbocycles. The molecule has 1 aliphatic rings. The van der Waals surface area contributed by atoms with E-state index in [2.05, 4.69) is 25.5 Å². The summed E-state index contributed by atoms with van der Waals surface area (Å²) in [6.07, 6.45) is 2.23. The molecule has 5 rings (SSSR count). The molecule has 4 aromatic rings. The number of H-pyrrole nitrogens is 2. The smallest absolute Gasteiger partial charge is 0.251 e. The highest BCUT2D eigenvalue weighted by atomic mass is 32.2. The third-order valence-corrected chi connectivity index (χ3v) is 6.29. The zero-order valence-electron chi connectivity index (χ0n) is 16.1. The maximum atomic E-state index is 12.5. The Bertz CT molecular complexity index is 1220. The third-order valence-electron chi connectivity index (χ3n) is 5.06. The van der Waals surface area contributed by atoms with Gasteiger partial charge in [-0.15, -0.1) is 0 Å². The molecule has 0 radical (unpaired) electrons. The van der Waals surface area contributed by atoms with Crippen molar-refractivity contribution in [3.63, 3.8) is 0 Å². The van der Waals surface area contributed by atoms with E-state index in [9.17, 15) is 4.79 Å². The van der Waals surface area contributed by atoms with Crippen molar-refractivity contribution < 1.29 is 4.79 Å². The van der Waals surface area contributed by atoms with Crippen molar-refractivity contribution >= 4 is 40.9 Å². The molecule has 7 nitrogen and oxygen atoms in total. The van der Waals surface area contributed by atoms with Gasteiger partial charge in [0.25, 0.3) is 5.91 Å². The van der Waals surface area contributed by atoms with Crippen LogP contribution in [-0.2, 0) is 12.3 Å². The molecule has 152 valence electrons. The Balaban J connectivity index is 1.18. The van der Waals surface area contributed by atoms with Crippen molar-refractivity contribution in [1.82, 2.24) is 30.0 Å². The van der Waals surface area contributed by atoms with Gasteiger partial charge in [-0.1, -0.05) is 36.0 Å². The van der Waals surface area contributed by atoms with Gasteiger partial charge in [0.1, 0.15) is 0 Å². The Kier molecular flexibility index (Phi) is 5.14. The minimum Gasteiger partial charge on any atom is -0.345 e. The number of aromatic nitrogens is 5. The number of rotatable bonds is 7. The molecule has 3 N–H and O–H groups in total. The van der Waals surface area contributed by atoms with E-state index in [4.69, 9.17) is 12.2 Å². The zero-order valence-corrected chi connectivity index (χ0v) is 17.7. The van der Waals surface area contributed by atoms with Crippen LogP contribution in [0.5, 0.6) is 0 Å². The quantitative estimate of drug-likeness (QED) is 0.295. The molecule has 2 heterocycles. The molecule has 0 aliphatic heterocycles. The lowest BCUT2D eigenvalue weighted by molar-refractivity contribution is 0.0949. The molecule has 1 fully saturated rings. The van der Waals surface area contributed by atoms with Crippen molar-refractivity contribution in [3.8, 4) is 0 Å². The van der Waals surface area contributed by atoms with Crippen LogP contribution >= 0.6 is 24.0 Å². The van der Waals surface area contributed by atoms with Gasteiger partial charge in [-0.05, 0) is 54.9 Å². The lowest BCUT2D eigenvalue weighted by atomic mass is 10.1. The lowest BCUT2D eigenvalue weighted by Gasteiger charge is -2.07. The summed E-state index contributed by atoms with van der Waals surface area (Å²) >= 11 is 6.92. The molecule has 1 aliphatic carbocycles. The van der Waals surface area contributed by atoms with Crippen molar-refractivity contribution in [2.24, 2.45) is 0 Å². The number of nitrogens with one attached hydrogen (secondary N) is 3. The first-order valence-corrected chi connectivity index (χ1v) is 11.2. The number of imidazole rings is 1. The number of aromatic amines is 2. The predicted molar refractivity (Wildman–Crippen MR) is 119 cm³/mol. The molecule has 0 atom stereocenters. The minimum absolute atomic E-state index is 0.122. The summed E-state index contributed by atoms with van der Waals surface area (Å²) in [4.78, 5) is 20.4. The van der Waals surface area contributed by atoms with Gasteiger partial charge >= 0.3 is 0 Å². The van der Waals surface area contributed by atoms with E-state index in [0.29, 0.717) is 22.9 Å². The van der Waals surface area contributed by atoms with Gasteiger partial charge in [0.2, 0.25) is 0 Å². The summed E-state index contributed by atoms with van der Waals surface area (Å²) in [5.74, 6) is 1.43. The summed E-state index contributed by atoms with van der Waals surface area (Å²) in [6.45, 7) is 0.353. The first-order valence-electron chi connectivity index (χ1n) is 9.78. The summed E-state index contributed by atoms with van der Waals surface area (Å²) < 4.78 is 2.63. The number of carbonyl (C=O) groups excluding carboxylic acids is 1. The fraction of sp³-hybridized carbons (Fsp3) is 0.238. The van der Waals surface area contributed by atoms with Crippen molar-refractivity contribution in [1.29, 1.82) is 0 Å². The average Bonchev–Trinajstić information content (AvgIpc) is 3.40. The second-order valence-corrected chi connectivity index (χ2v) is 8.62. The van der Waals surface area contributed by atoms with Crippen LogP contribution in [0.2, 0.25) is 0 Å². The second kappa shape index (κ2) is 8.08. The fourth-order valence-electron chi connectivity index (χ4n) is 3.33. The maximum Gasteiger partial charge on any atom is 0.251 e. The van der Waals surface area contributed by atoms with Crippen molar-refractivity contribution in [2.75, 3.05) is 0 Å². The number of amides is 1. The highest BCUT2D eigenvalue weighted by Gasteiger charge is 2.27. The monoisotopic (exact) mass is 436 g/mol. The zero-order chi connectivity index (χ0) is 20.5. The number of hydrogen-bond donors (Lipinski definition) is 3. The van der Waals surface area contributed by atoms with Crippen LogP contribution in [0.1, 0.15) is 40.6 Å². The molecule has 2 aromatic heterocycles. The molecule has 0 spiro atoms. The third kappa shape index (κ3) is 4.03. The van der Waals surface area contributed by atoms with Gasteiger partial charge in [-0.25, -0.2) is 4.98 Å². The van der Waals surface area contributed by atoms with E-state index in [1.54, 1.807) is 11.8 Å². The molecule has 0 saturated heterocycles. The molecule has 1 amide bonds. The van der Waals surface area contributed by atoms with Crippen molar-refractivity contribution in [2.45, 2.75) is 36.3 Å². The first kappa shape index (κ1) is 19.1. The molecule has 0 unspecified atom stereocenters. The van der Waals surface area contributed by atoms with Crippen LogP contribution in [0, 0.1) is 4.77 Å². The highest BCUT2D eigenvalue weighted by molar-refractivity contribution is 7.98. The number of nitrogens with zero attached hydrogens (tertiary/aromatic N) is 3. The lowest BCUT2D eigenvalue weighted by Crippen LogP contribution is -2.24. The Morgan fingerprint density at radius 2 is 2.00 bits per heavy atom. The Labute approximate surface area is 182 Å². The van der Waals surface area contributed by atoms with Crippen LogP contribution in [-0.4, -0.2) is 30.6 Å². The van der Waals surface area contributed by atoms with E-state index >= 15 is 0 Å². The van der Waals surface area contributed by atoms with Crippen LogP contribution < -0.4 is 5.32 Å². The van der Waals surface area contributed by atoms with Gasteiger partial charge in [0, 0.05) is 17.4 Å². The number of fused-ring (bicyclic) bond motifs is 1. The summed E-state index contributed by atoms with van der Waals surface area (Å²) in [5, 5.41) is 10.9. The van der Waals surface area contributed by atoms with Gasteiger partial charge < -0.3 is 10.3 Å². The highest BCUT2D eigenvalue weighted by Crippen LogP contribution is 2.35. The Morgan fingerprint density at radius 3 is 2.77 bits per heavy atom. The van der Waals surface area contributed by atoms with Crippen LogP contribution in [0.25, 0.3) is 11.0 Å². The van der Waals surface area contributed by atoms with Crippen molar-refractivity contribution in [3.05, 3.63) is 70.3 Å². The Hall–Kier alpha value is -2.91. The second-order valence-electron chi connectivity index (χ2n) is 7.27. The molecular weight excluding hydrogens is 416 g/mol. The summed E-state index contributed by atoms with van der Waals surface area (Å²) in [6, 6.07) is 16.1. The standard InChI is InChI=1S/C21H20N6OS2/c28-19(22-11-18-25-26-21(29)27(18)15-9-10-15)14-7-5-13(6-8-14)12-30-20-23-16-3-1-2-4-17(16)24-20/h1-8,15H,9-12H2,(H,22,28)(H,23,24)(H,26,29). The number of benzene rings is 2. The van der Waals surface area contributed by atoms with Crippen LogP contribution in [0.4, 0.5) is 0 Å². The molecular formula is C21H20N6OS2. The summed E-state index contributed by atoms with van der Waals surface area (Å²) in [5.41, 5.74) is 3.76. The van der Waals surface area contributed by atoms with E-state index in [0.717, 1.165) is 46.2 Å². The number of carbonyl (C=O) groups is 1. The predicted octanol–water partition coefficient (Wildman–Crippen LogP) is 4.37. The SMILES string of the molecule is O=C(NCc1n[nH]c(=S)n1C1CC1)c1ccc(CSc2nc3ccccc3[nH]2)cc1. The average molecular weight is 437 g/mol. The molecule has 30 heavy (non-hydrogen) atoms. The first-order chi connectivity index (χ1) is 14.7. The molecule has 1 saturated carbocycles. The largest absolute Gasteiger partial charge is 0.345 e. The van der Waals surface area contributed by atoms with E-state index in [-0.39, 0.29) is 5.91 Å². The number of para-hydroxylation sites is 2. The van der Waals surface area contributed by atoms with E-state index < -0.39 is 0 Å².